The van der Waals surface area contributed by atoms with Gasteiger partial charge in [0.1, 0.15) is 5.82 Å². The van der Waals surface area contributed by atoms with E-state index in [0.717, 1.165) is 11.4 Å². The van der Waals surface area contributed by atoms with Crippen molar-refractivity contribution in [2.45, 2.75) is 19.4 Å². The fourth-order valence-corrected chi connectivity index (χ4v) is 2.26. The molecular formula is C13H14N4O2. The minimum absolute atomic E-state index is 0.367. The van der Waals surface area contributed by atoms with E-state index in [-0.39, 0.29) is 5.92 Å². The molecule has 1 aromatic heterocycles. The molecule has 0 amide bonds. The number of nitrogens with two attached hydrogens (primary N) is 1. The molecule has 0 radical (unpaired) electrons. The Morgan fingerprint density at radius 2 is 2.11 bits per heavy atom. The van der Waals surface area contributed by atoms with Crippen LogP contribution in [0.15, 0.2) is 24.3 Å². The highest BCUT2D eigenvalue weighted by atomic mass is 16.4. The molecule has 1 unspecified atom stereocenters. The Bertz CT molecular complexity index is 618. The minimum atomic E-state index is -0.768. The number of nitrogens with zero attached hydrogens (tertiary/aromatic N) is 3. The number of benzene rings is 1. The number of carbonyl (C=O) groups is 1. The summed E-state index contributed by atoms with van der Waals surface area (Å²) in [5, 5.41) is 13.4. The van der Waals surface area contributed by atoms with Gasteiger partial charge in [-0.2, -0.15) is 5.10 Å². The van der Waals surface area contributed by atoms with Crippen LogP contribution in [0.25, 0.3) is 11.4 Å². The molecule has 1 aliphatic rings. The second-order valence-electron chi connectivity index (χ2n) is 4.73. The zero-order valence-electron chi connectivity index (χ0n) is 10.3. The van der Waals surface area contributed by atoms with Crippen LogP contribution in [0.1, 0.15) is 12.2 Å². The van der Waals surface area contributed by atoms with Crippen molar-refractivity contribution < 1.29 is 9.90 Å². The summed E-state index contributed by atoms with van der Waals surface area (Å²) >= 11 is 0. The largest absolute Gasteiger partial charge is 0.481 e. The first-order chi connectivity index (χ1) is 9.13. The van der Waals surface area contributed by atoms with Crippen LogP contribution >= 0.6 is 0 Å². The van der Waals surface area contributed by atoms with Crippen LogP contribution in [0.2, 0.25) is 0 Å². The molecule has 0 bridgehead atoms. The molecule has 6 heteroatoms. The molecule has 1 atom stereocenters. The molecule has 98 valence electrons. The summed E-state index contributed by atoms with van der Waals surface area (Å²) in [5.41, 5.74) is 7.23. The summed E-state index contributed by atoms with van der Waals surface area (Å²) in [6, 6.07) is 7.33. The van der Waals surface area contributed by atoms with Crippen molar-refractivity contribution in [2.75, 3.05) is 5.73 Å². The first-order valence-electron chi connectivity index (χ1n) is 6.16. The topological polar surface area (TPSA) is 94.0 Å². The number of aromatic nitrogens is 3. The quantitative estimate of drug-likeness (QED) is 0.789. The van der Waals surface area contributed by atoms with Gasteiger partial charge in [-0.15, -0.1) is 0 Å². The van der Waals surface area contributed by atoms with Crippen LogP contribution in [0, 0.1) is 5.92 Å². The second kappa shape index (κ2) is 4.38. The summed E-state index contributed by atoms with van der Waals surface area (Å²) in [4.78, 5) is 15.5. The lowest BCUT2D eigenvalue weighted by Gasteiger charge is -2.18. The van der Waals surface area contributed by atoms with Gasteiger partial charge in [-0.3, -0.25) is 4.79 Å². The molecule has 1 aliphatic heterocycles. The normalized spacial score (nSPS) is 18.0. The maximum Gasteiger partial charge on any atom is 0.308 e. The predicted molar refractivity (Wildman–Crippen MR) is 69.3 cm³/mol. The number of carboxylic acid groups (broad SMARTS) is 1. The van der Waals surface area contributed by atoms with Crippen LogP contribution in [-0.2, 0) is 17.8 Å². The average Bonchev–Trinajstić information content (AvgIpc) is 2.82. The van der Waals surface area contributed by atoms with Crippen molar-refractivity contribution in [1.29, 1.82) is 0 Å². The summed E-state index contributed by atoms with van der Waals surface area (Å²) in [5.74, 6) is 0.342. The molecule has 0 saturated heterocycles. The first kappa shape index (κ1) is 11.7. The highest BCUT2D eigenvalue weighted by Crippen LogP contribution is 2.23. The SMILES string of the molecule is Nc1ccc(-c2nc3n(n2)CC(C(=O)O)CC3)cc1. The monoisotopic (exact) mass is 258 g/mol. The zero-order valence-corrected chi connectivity index (χ0v) is 10.3. The molecule has 3 rings (SSSR count). The Morgan fingerprint density at radius 3 is 2.79 bits per heavy atom. The van der Waals surface area contributed by atoms with E-state index >= 15 is 0 Å². The Kier molecular flexibility index (Phi) is 2.70. The van der Waals surface area contributed by atoms with Gasteiger partial charge in [0, 0.05) is 17.7 Å². The van der Waals surface area contributed by atoms with Crippen LogP contribution in [0.4, 0.5) is 5.69 Å². The van der Waals surface area contributed by atoms with Gasteiger partial charge in [0.15, 0.2) is 5.82 Å². The molecule has 2 aromatic rings. The number of fused-ring (bicyclic) bond motifs is 1. The number of nitrogen functional groups attached to an aromatic ring is 1. The lowest BCUT2D eigenvalue weighted by atomic mass is 10.0. The van der Waals surface area contributed by atoms with Crippen molar-refractivity contribution in [2.24, 2.45) is 5.92 Å². The first-order valence-corrected chi connectivity index (χ1v) is 6.16. The standard InChI is InChI=1S/C13H14N4O2/c14-10-4-1-8(2-5-10)12-15-11-6-3-9(13(18)19)7-17(11)16-12/h1-2,4-5,9H,3,6-7,14H2,(H,18,19). The van der Waals surface area contributed by atoms with Crippen LogP contribution in [-0.4, -0.2) is 25.8 Å². The Balaban J connectivity index is 1.91. The van der Waals surface area contributed by atoms with E-state index in [1.165, 1.54) is 0 Å². The zero-order chi connectivity index (χ0) is 13.4. The van der Waals surface area contributed by atoms with E-state index in [0.29, 0.717) is 30.9 Å². The molecule has 6 nitrogen and oxygen atoms in total. The number of carboxylic acids is 1. The molecule has 19 heavy (non-hydrogen) atoms. The summed E-state index contributed by atoms with van der Waals surface area (Å²) in [6.07, 6.45) is 1.27. The molecule has 2 heterocycles. The molecule has 0 spiro atoms. The molecule has 0 aliphatic carbocycles. The molecular weight excluding hydrogens is 244 g/mol. The van der Waals surface area contributed by atoms with E-state index in [1.54, 1.807) is 16.8 Å². The van der Waals surface area contributed by atoms with Crippen molar-refractivity contribution in [1.82, 2.24) is 14.8 Å². The van der Waals surface area contributed by atoms with Gasteiger partial charge in [-0.1, -0.05) is 0 Å². The third-order valence-electron chi connectivity index (χ3n) is 3.38. The summed E-state index contributed by atoms with van der Waals surface area (Å²) < 4.78 is 1.70. The van der Waals surface area contributed by atoms with Gasteiger partial charge in [-0.25, -0.2) is 9.67 Å². The van der Waals surface area contributed by atoms with Gasteiger partial charge in [0.05, 0.1) is 12.5 Å². The van der Waals surface area contributed by atoms with E-state index < -0.39 is 5.97 Å². The van der Waals surface area contributed by atoms with Gasteiger partial charge in [-0.05, 0) is 30.7 Å². The van der Waals surface area contributed by atoms with Gasteiger partial charge in [0.25, 0.3) is 0 Å². The van der Waals surface area contributed by atoms with Crippen LogP contribution in [0.5, 0.6) is 0 Å². The highest BCUT2D eigenvalue weighted by molar-refractivity contribution is 5.70. The lowest BCUT2D eigenvalue weighted by molar-refractivity contribution is -0.142. The number of hydrogen-bond donors (Lipinski definition) is 2. The van der Waals surface area contributed by atoms with E-state index in [9.17, 15) is 4.79 Å². The predicted octanol–water partition coefficient (Wildman–Crippen LogP) is 1.17. The fraction of sp³-hybridized carbons (Fsp3) is 0.308. The maximum atomic E-state index is 11.0. The summed E-state index contributed by atoms with van der Waals surface area (Å²) in [7, 11) is 0. The van der Waals surface area contributed by atoms with Gasteiger partial charge >= 0.3 is 5.97 Å². The summed E-state index contributed by atoms with van der Waals surface area (Å²) in [6.45, 7) is 0.395. The smallest absolute Gasteiger partial charge is 0.308 e. The maximum absolute atomic E-state index is 11.0. The molecule has 3 N–H and O–H groups in total. The number of aryl methyl sites for hydroxylation is 1. The average molecular weight is 258 g/mol. The van der Waals surface area contributed by atoms with Gasteiger partial charge in [0.2, 0.25) is 0 Å². The van der Waals surface area contributed by atoms with E-state index in [1.807, 2.05) is 12.1 Å². The molecule has 0 fully saturated rings. The molecule has 0 saturated carbocycles. The number of aliphatic carboxylic acids is 1. The van der Waals surface area contributed by atoms with Crippen LogP contribution in [0.3, 0.4) is 0 Å². The number of anilines is 1. The highest BCUT2D eigenvalue weighted by Gasteiger charge is 2.26. The van der Waals surface area contributed by atoms with E-state index in [4.69, 9.17) is 10.8 Å². The third kappa shape index (κ3) is 2.16. The number of hydrogen-bond acceptors (Lipinski definition) is 4. The van der Waals surface area contributed by atoms with Crippen molar-refractivity contribution in [3.8, 4) is 11.4 Å². The van der Waals surface area contributed by atoms with E-state index in [2.05, 4.69) is 10.1 Å². The second-order valence-corrected chi connectivity index (χ2v) is 4.73. The van der Waals surface area contributed by atoms with Gasteiger partial charge < -0.3 is 10.8 Å². The Hall–Kier alpha value is -2.37. The minimum Gasteiger partial charge on any atom is -0.481 e. The number of rotatable bonds is 2. The molecule has 1 aromatic carbocycles. The Morgan fingerprint density at radius 1 is 1.37 bits per heavy atom. The lowest BCUT2D eigenvalue weighted by Crippen LogP contribution is -2.27. The fourth-order valence-electron chi connectivity index (χ4n) is 2.26. The third-order valence-corrected chi connectivity index (χ3v) is 3.38. The van der Waals surface area contributed by atoms with Crippen molar-refractivity contribution in [3.63, 3.8) is 0 Å². The van der Waals surface area contributed by atoms with Crippen molar-refractivity contribution >= 4 is 11.7 Å². The van der Waals surface area contributed by atoms with Crippen LogP contribution < -0.4 is 5.73 Å². The van der Waals surface area contributed by atoms with Crippen molar-refractivity contribution in [3.05, 3.63) is 30.1 Å². The Labute approximate surface area is 109 Å².